The Balaban J connectivity index is 3.95. The van der Waals surface area contributed by atoms with E-state index in [4.69, 9.17) is 19.3 Å². The standard InChI is InChI=1S/C43H77O8P/c1-3-5-7-9-11-13-15-17-19-21-23-25-27-29-31-33-35-37-42(44)49-39-41(40-50-52(46,47)48)51-43(45)38-36-34-32-30-28-26-24-22-20-18-16-14-12-10-8-6-4-2/h11-14,17-20,41H,3-10,15-16,21-40H2,1-2H3,(H2,46,47,48)/b13-11+,14-12+,19-17+,20-18+/t41-/m1/s1. The highest BCUT2D eigenvalue weighted by molar-refractivity contribution is 7.46. The minimum Gasteiger partial charge on any atom is -0.462 e. The smallest absolute Gasteiger partial charge is 0.462 e. The van der Waals surface area contributed by atoms with Gasteiger partial charge in [0, 0.05) is 12.8 Å². The van der Waals surface area contributed by atoms with E-state index in [9.17, 15) is 14.2 Å². The molecule has 0 saturated heterocycles. The van der Waals surface area contributed by atoms with E-state index in [0.29, 0.717) is 12.8 Å². The van der Waals surface area contributed by atoms with Gasteiger partial charge in [-0.25, -0.2) is 4.57 Å². The van der Waals surface area contributed by atoms with Crippen molar-refractivity contribution < 1.29 is 37.9 Å². The molecule has 0 unspecified atom stereocenters. The SMILES string of the molecule is CCCCC/C=C/C/C=C/CCCCCCCCCC(=O)OC[C@H](COP(=O)(O)O)OC(=O)CCCCCCCCC/C=C/C/C=C/CCCCC. The Morgan fingerprint density at radius 3 is 1.27 bits per heavy atom. The molecule has 0 amide bonds. The van der Waals surface area contributed by atoms with E-state index in [2.05, 4.69) is 67.0 Å². The topological polar surface area (TPSA) is 119 Å². The van der Waals surface area contributed by atoms with Gasteiger partial charge in [0.2, 0.25) is 0 Å². The summed E-state index contributed by atoms with van der Waals surface area (Å²) in [5.41, 5.74) is 0. The molecule has 0 aromatic heterocycles. The monoisotopic (exact) mass is 753 g/mol. The Labute approximate surface area is 318 Å². The third-order valence-electron chi connectivity index (χ3n) is 8.82. The van der Waals surface area contributed by atoms with Gasteiger partial charge in [0.1, 0.15) is 6.61 Å². The number of carbonyl (C=O) groups is 2. The first-order chi connectivity index (χ1) is 25.3. The predicted molar refractivity (Wildman–Crippen MR) is 216 cm³/mol. The summed E-state index contributed by atoms with van der Waals surface area (Å²) >= 11 is 0. The van der Waals surface area contributed by atoms with Gasteiger partial charge in [-0.3, -0.25) is 14.1 Å². The second-order valence-corrected chi connectivity index (χ2v) is 15.2. The molecule has 0 aromatic rings. The Morgan fingerprint density at radius 2 is 0.865 bits per heavy atom. The maximum absolute atomic E-state index is 12.4. The molecule has 0 fully saturated rings. The molecule has 0 aromatic carbocycles. The second-order valence-electron chi connectivity index (χ2n) is 14.0. The molecule has 2 N–H and O–H groups in total. The molecule has 302 valence electrons. The van der Waals surface area contributed by atoms with E-state index < -0.39 is 32.5 Å². The van der Waals surface area contributed by atoms with Crippen LogP contribution in [0.25, 0.3) is 0 Å². The number of carbonyl (C=O) groups excluding carboxylic acids is 2. The predicted octanol–water partition coefficient (Wildman–Crippen LogP) is 12.7. The maximum atomic E-state index is 12.4. The second kappa shape index (κ2) is 38.7. The fraction of sp³-hybridized carbons (Fsp3) is 0.767. The summed E-state index contributed by atoms with van der Waals surface area (Å²) in [7, 11) is -4.76. The van der Waals surface area contributed by atoms with Crippen molar-refractivity contribution in [3.8, 4) is 0 Å². The van der Waals surface area contributed by atoms with Gasteiger partial charge in [0.25, 0.3) is 0 Å². The molecular weight excluding hydrogens is 675 g/mol. The molecule has 0 radical (unpaired) electrons. The number of hydrogen-bond donors (Lipinski definition) is 2. The van der Waals surface area contributed by atoms with E-state index in [0.717, 1.165) is 64.2 Å². The lowest BCUT2D eigenvalue weighted by Gasteiger charge is -2.18. The van der Waals surface area contributed by atoms with Crippen molar-refractivity contribution in [2.75, 3.05) is 13.2 Å². The van der Waals surface area contributed by atoms with Crippen molar-refractivity contribution in [2.24, 2.45) is 0 Å². The number of unbranched alkanes of at least 4 members (excludes halogenated alkanes) is 20. The first-order valence-corrected chi connectivity index (χ1v) is 22.5. The van der Waals surface area contributed by atoms with Crippen LogP contribution in [-0.2, 0) is 28.2 Å². The highest BCUT2D eigenvalue weighted by atomic mass is 31.2. The summed E-state index contributed by atoms with van der Waals surface area (Å²) in [5.74, 6) is -0.902. The first-order valence-electron chi connectivity index (χ1n) is 20.9. The van der Waals surface area contributed by atoms with Gasteiger partial charge >= 0.3 is 19.8 Å². The zero-order chi connectivity index (χ0) is 38.2. The van der Waals surface area contributed by atoms with Crippen molar-refractivity contribution in [1.82, 2.24) is 0 Å². The molecular formula is C43H77O8P. The Bertz CT molecular complexity index is 984. The van der Waals surface area contributed by atoms with Crippen molar-refractivity contribution >= 4 is 19.8 Å². The molecule has 9 heteroatoms. The van der Waals surface area contributed by atoms with Crippen molar-refractivity contribution in [1.29, 1.82) is 0 Å². The van der Waals surface area contributed by atoms with E-state index >= 15 is 0 Å². The minimum absolute atomic E-state index is 0.200. The molecule has 0 spiro atoms. The van der Waals surface area contributed by atoms with Crippen LogP contribution in [0, 0.1) is 0 Å². The van der Waals surface area contributed by atoms with E-state index in [1.54, 1.807) is 0 Å². The summed E-state index contributed by atoms with van der Waals surface area (Å²) in [6.07, 6.45) is 46.8. The summed E-state index contributed by atoms with van der Waals surface area (Å²) in [6, 6.07) is 0. The number of ether oxygens (including phenoxy) is 2. The number of phosphoric ester groups is 1. The van der Waals surface area contributed by atoms with Crippen LogP contribution in [0.5, 0.6) is 0 Å². The van der Waals surface area contributed by atoms with Gasteiger partial charge in [0.05, 0.1) is 6.61 Å². The van der Waals surface area contributed by atoms with Crippen LogP contribution in [0.4, 0.5) is 0 Å². The lowest BCUT2D eigenvalue weighted by Crippen LogP contribution is -2.29. The molecule has 52 heavy (non-hydrogen) atoms. The molecule has 1 atom stereocenters. The van der Waals surface area contributed by atoms with Crippen LogP contribution in [0.15, 0.2) is 48.6 Å². The summed E-state index contributed by atoms with van der Waals surface area (Å²) < 4.78 is 26.4. The van der Waals surface area contributed by atoms with Crippen LogP contribution in [0.2, 0.25) is 0 Å². The number of phosphoric acid groups is 1. The largest absolute Gasteiger partial charge is 0.469 e. The average molecular weight is 753 g/mol. The zero-order valence-corrected chi connectivity index (χ0v) is 34.1. The van der Waals surface area contributed by atoms with Gasteiger partial charge in [-0.15, -0.1) is 0 Å². The Kier molecular flexibility index (Phi) is 37.2. The number of allylic oxidation sites excluding steroid dienone is 8. The van der Waals surface area contributed by atoms with Crippen LogP contribution in [0.1, 0.15) is 194 Å². The number of rotatable bonds is 38. The Hall–Kier alpha value is -1.99. The molecule has 0 saturated carbocycles. The molecule has 0 aliphatic heterocycles. The van der Waals surface area contributed by atoms with Gasteiger partial charge < -0.3 is 19.3 Å². The van der Waals surface area contributed by atoms with Crippen LogP contribution < -0.4 is 0 Å². The quantitative estimate of drug-likeness (QED) is 0.0277. The lowest BCUT2D eigenvalue weighted by atomic mass is 10.1. The fourth-order valence-corrected chi connectivity index (χ4v) is 6.03. The third-order valence-corrected chi connectivity index (χ3v) is 9.31. The van der Waals surface area contributed by atoms with Gasteiger partial charge in [0.15, 0.2) is 6.10 Å². The Morgan fingerprint density at radius 1 is 0.500 bits per heavy atom. The molecule has 0 aliphatic carbocycles. The first kappa shape index (κ1) is 50.0. The third kappa shape index (κ3) is 40.8. The fourth-order valence-electron chi connectivity index (χ4n) is 5.67. The van der Waals surface area contributed by atoms with E-state index in [-0.39, 0.29) is 19.4 Å². The highest BCUT2D eigenvalue weighted by Gasteiger charge is 2.22. The number of esters is 2. The number of hydrogen-bond acceptors (Lipinski definition) is 6. The van der Waals surface area contributed by atoms with Gasteiger partial charge in [-0.2, -0.15) is 0 Å². The molecule has 0 aliphatic rings. The van der Waals surface area contributed by atoms with Crippen LogP contribution in [0.3, 0.4) is 0 Å². The van der Waals surface area contributed by atoms with Crippen molar-refractivity contribution in [3.05, 3.63) is 48.6 Å². The van der Waals surface area contributed by atoms with Gasteiger partial charge in [-0.05, 0) is 77.0 Å². The van der Waals surface area contributed by atoms with Crippen LogP contribution in [-0.4, -0.2) is 41.0 Å². The van der Waals surface area contributed by atoms with Crippen molar-refractivity contribution in [3.63, 3.8) is 0 Å². The molecule has 0 heterocycles. The van der Waals surface area contributed by atoms with E-state index in [1.807, 2.05) is 0 Å². The molecule has 0 bridgehead atoms. The zero-order valence-electron chi connectivity index (χ0n) is 33.2. The molecule has 8 nitrogen and oxygen atoms in total. The normalized spacial score (nSPS) is 12.9. The van der Waals surface area contributed by atoms with Gasteiger partial charge in [-0.1, -0.05) is 152 Å². The lowest BCUT2D eigenvalue weighted by molar-refractivity contribution is -0.161. The summed E-state index contributed by atoms with van der Waals surface area (Å²) in [6.45, 7) is 3.62. The maximum Gasteiger partial charge on any atom is 0.469 e. The van der Waals surface area contributed by atoms with Crippen molar-refractivity contribution in [2.45, 2.75) is 200 Å². The minimum atomic E-state index is -4.76. The highest BCUT2D eigenvalue weighted by Crippen LogP contribution is 2.36. The van der Waals surface area contributed by atoms with Crippen LogP contribution >= 0.6 is 7.82 Å². The molecule has 0 rings (SSSR count). The summed E-state index contributed by atoms with van der Waals surface area (Å²) in [5, 5.41) is 0. The summed E-state index contributed by atoms with van der Waals surface area (Å²) in [4.78, 5) is 42.8. The average Bonchev–Trinajstić information content (AvgIpc) is 3.11. The van der Waals surface area contributed by atoms with E-state index in [1.165, 1.54) is 89.9 Å².